The molecule has 0 spiro atoms. The van der Waals surface area contributed by atoms with E-state index in [1.165, 1.54) is 23.0 Å². The summed E-state index contributed by atoms with van der Waals surface area (Å²) in [5, 5.41) is 2.87. The molecule has 0 saturated heterocycles. The zero-order chi connectivity index (χ0) is 22.7. The summed E-state index contributed by atoms with van der Waals surface area (Å²) in [5.74, 6) is -0.370. The molecule has 4 rings (SSSR count). The Morgan fingerprint density at radius 2 is 1.59 bits per heavy atom. The molecule has 9 heteroatoms. The van der Waals surface area contributed by atoms with Crippen molar-refractivity contribution >= 4 is 50.2 Å². The number of nitrogens with one attached hydrogen (secondary N) is 1. The Bertz CT molecular complexity index is 1400. The highest BCUT2D eigenvalue weighted by Crippen LogP contribution is 2.29. The molecule has 0 aliphatic rings. The van der Waals surface area contributed by atoms with Crippen LogP contribution >= 0.6 is 11.8 Å². The van der Waals surface area contributed by atoms with Crippen LogP contribution in [0.5, 0.6) is 0 Å². The van der Waals surface area contributed by atoms with Crippen LogP contribution in [0.15, 0.2) is 88.9 Å². The summed E-state index contributed by atoms with van der Waals surface area (Å²) in [6.07, 6.45) is 0. The van der Waals surface area contributed by atoms with E-state index in [-0.39, 0.29) is 27.5 Å². The Morgan fingerprint density at radius 3 is 2.28 bits per heavy atom. The molecule has 0 fully saturated rings. The number of nitrogens with zero attached hydrogens (tertiary/aromatic N) is 2. The minimum atomic E-state index is -3.90. The van der Waals surface area contributed by atoms with Crippen molar-refractivity contribution in [3.05, 3.63) is 84.4 Å². The lowest BCUT2D eigenvalue weighted by atomic mass is 10.1. The van der Waals surface area contributed by atoms with Gasteiger partial charge in [-0.15, -0.1) is 0 Å². The fraction of sp³-hybridized carbons (Fsp3) is 0.0870. The number of rotatable bonds is 7. The number of fused-ring (bicyclic) bond motifs is 1. The average Bonchev–Trinajstić information content (AvgIpc) is 3.17. The molecule has 0 aliphatic heterocycles. The lowest BCUT2D eigenvalue weighted by Crippen LogP contribution is -2.15. The molecule has 1 aromatic heterocycles. The molecule has 1 amide bonds. The molecule has 0 atom stereocenters. The molecule has 3 aromatic carbocycles. The molecule has 0 unspecified atom stereocenters. The Kier molecular flexibility index (Phi) is 6.11. The highest BCUT2D eigenvalue weighted by molar-refractivity contribution is 8.00. The summed E-state index contributed by atoms with van der Waals surface area (Å²) in [7, 11) is -3.90. The van der Waals surface area contributed by atoms with Gasteiger partial charge in [0.25, 0.3) is 10.0 Å². The fourth-order valence-corrected chi connectivity index (χ4v) is 5.79. The van der Waals surface area contributed by atoms with Crippen molar-refractivity contribution in [1.29, 1.82) is 0 Å². The van der Waals surface area contributed by atoms with Gasteiger partial charge in [0.05, 0.1) is 21.7 Å². The van der Waals surface area contributed by atoms with Crippen molar-refractivity contribution in [3.8, 4) is 0 Å². The second-order valence-corrected chi connectivity index (χ2v) is 9.67. The SMILES string of the molecule is CC(=O)Nc1ccc(C(=O)CSc2nc3ccccc3n2S(=O)(=O)c2ccccc2)cc1. The monoisotopic (exact) mass is 465 g/mol. The molecular weight excluding hydrogens is 446 g/mol. The van der Waals surface area contributed by atoms with Gasteiger partial charge in [-0.25, -0.2) is 17.4 Å². The first-order valence-electron chi connectivity index (χ1n) is 9.68. The third-order valence-corrected chi connectivity index (χ3v) is 7.40. The van der Waals surface area contributed by atoms with Gasteiger partial charge in [0.2, 0.25) is 5.91 Å². The van der Waals surface area contributed by atoms with Gasteiger partial charge in [-0.2, -0.15) is 0 Å². The fourth-order valence-electron chi connectivity index (χ4n) is 3.16. The standard InChI is InChI=1S/C23H19N3O4S2/c1-16(27)24-18-13-11-17(12-14-18)22(28)15-31-23-25-20-9-5-6-10-21(20)26(23)32(29,30)19-7-3-2-4-8-19/h2-14H,15H2,1H3,(H,24,27). The lowest BCUT2D eigenvalue weighted by Gasteiger charge is -2.10. The summed E-state index contributed by atoms with van der Waals surface area (Å²) >= 11 is 1.07. The molecule has 0 radical (unpaired) electrons. The molecular formula is C23H19N3O4S2. The molecule has 162 valence electrons. The van der Waals surface area contributed by atoms with Crippen molar-refractivity contribution in [3.63, 3.8) is 0 Å². The first kappa shape index (κ1) is 21.8. The number of hydrogen-bond acceptors (Lipinski definition) is 6. The number of amides is 1. The number of ketones is 1. The predicted octanol–water partition coefficient (Wildman–Crippen LogP) is 4.21. The number of carbonyl (C=O) groups excluding carboxylic acids is 2. The van der Waals surface area contributed by atoms with Crippen LogP contribution in [0.3, 0.4) is 0 Å². The summed E-state index contributed by atoms with van der Waals surface area (Å²) in [4.78, 5) is 28.5. The molecule has 1 heterocycles. The number of anilines is 1. The van der Waals surface area contributed by atoms with Crippen LogP contribution in [0, 0.1) is 0 Å². The minimum Gasteiger partial charge on any atom is -0.326 e. The number of imidazole rings is 1. The van der Waals surface area contributed by atoms with Gasteiger partial charge in [0.15, 0.2) is 10.9 Å². The second kappa shape index (κ2) is 8.97. The normalized spacial score (nSPS) is 11.4. The van der Waals surface area contributed by atoms with E-state index in [1.54, 1.807) is 66.7 Å². The van der Waals surface area contributed by atoms with Crippen LogP contribution in [0.4, 0.5) is 5.69 Å². The van der Waals surface area contributed by atoms with Crippen LogP contribution < -0.4 is 5.32 Å². The zero-order valence-corrected chi connectivity index (χ0v) is 18.7. The van der Waals surface area contributed by atoms with Gasteiger partial charge < -0.3 is 5.32 Å². The van der Waals surface area contributed by atoms with Gasteiger partial charge in [0.1, 0.15) is 0 Å². The van der Waals surface area contributed by atoms with Crippen molar-refractivity contribution in [2.75, 3.05) is 11.1 Å². The van der Waals surface area contributed by atoms with E-state index in [2.05, 4.69) is 10.3 Å². The second-order valence-electron chi connectivity index (χ2n) is 6.94. The summed E-state index contributed by atoms with van der Waals surface area (Å²) in [5.41, 5.74) is 2.03. The van der Waals surface area contributed by atoms with Crippen LogP contribution in [-0.2, 0) is 14.8 Å². The molecule has 4 aromatic rings. The molecule has 0 bridgehead atoms. The van der Waals surface area contributed by atoms with Crippen LogP contribution in [0.25, 0.3) is 11.0 Å². The highest BCUT2D eigenvalue weighted by Gasteiger charge is 2.25. The highest BCUT2D eigenvalue weighted by atomic mass is 32.2. The molecule has 32 heavy (non-hydrogen) atoms. The number of Topliss-reactive ketones (excluding diaryl/α,β-unsaturated/α-hetero) is 1. The summed E-state index contributed by atoms with van der Waals surface area (Å²) in [6.45, 7) is 1.41. The van der Waals surface area contributed by atoms with Gasteiger partial charge >= 0.3 is 0 Å². The van der Waals surface area contributed by atoms with E-state index >= 15 is 0 Å². The van der Waals surface area contributed by atoms with Crippen LogP contribution in [-0.4, -0.2) is 34.8 Å². The van der Waals surface area contributed by atoms with Gasteiger partial charge in [-0.05, 0) is 48.5 Å². The summed E-state index contributed by atoms with van der Waals surface area (Å²) < 4.78 is 27.9. The molecule has 0 aliphatic carbocycles. The first-order valence-corrected chi connectivity index (χ1v) is 12.1. The van der Waals surface area contributed by atoms with E-state index in [9.17, 15) is 18.0 Å². The van der Waals surface area contributed by atoms with Gasteiger partial charge in [-0.1, -0.05) is 42.1 Å². The smallest absolute Gasteiger partial charge is 0.270 e. The van der Waals surface area contributed by atoms with Crippen molar-refractivity contribution in [2.24, 2.45) is 0 Å². The third kappa shape index (κ3) is 4.44. The van der Waals surface area contributed by atoms with Crippen LogP contribution in [0.2, 0.25) is 0 Å². The van der Waals surface area contributed by atoms with E-state index < -0.39 is 10.0 Å². The lowest BCUT2D eigenvalue weighted by molar-refractivity contribution is -0.114. The van der Waals surface area contributed by atoms with Crippen LogP contribution in [0.1, 0.15) is 17.3 Å². The third-order valence-electron chi connectivity index (χ3n) is 4.63. The Labute approximate surface area is 189 Å². The van der Waals surface area contributed by atoms with Crippen molar-refractivity contribution in [2.45, 2.75) is 17.0 Å². The Morgan fingerprint density at radius 1 is 0.938 bits per heavy atom. The van der Waals surface area contributed by atoms with Gasteiger partial charge in [-0.3, -0.25) is 9.59 Å². The zero-order valence-electron chi connectivity index (χ0n) is 17.1. The number of benzene rings is 3. The predicted molar refractivity (Wildman–Crippen MR) is 125 cm³/mol. The maximum Gasteiger partial charge on any atom is 0.270 e. The van der Waals surface area contributed by atoms with E-state index in [4.69, 9.17) is 0 Å². The average molecular weight is 466 g/mol. The minimum absolute atomic E-state index is 0.00706. The molecule has 0 saturated carbocycles. The number of aromatic nitrogens is 2. The molecule has 7 nitrogen and oxygen atoms in total. The van der Waals surface area contributed by atoms with Gasteiger partial charge in [0, 0.05) is 18.2 Å². The first-order chi connectivity index (χ1) is 15.4. The van der Waals surface area contributed by atoms with E-state index in [0.29, 0.717) is 22.3 Å². The Balaban J connectivity index is 1.63. The maximum atomic E-state index is 13.4. The van der Waals surface area contributed by atoms with Crippen molar-refractivity contribution < 1.29 is 18.0 Å². The molecule has 1 N–H and O–H groups in total. The topological polar surface area (TPSA) is 98.1 Å². The maximum absolute atomic E-state index is 13.4. The quantitative estimate of drug-likeness (QED) is 0.324. The largest absolute Gasteiger partial charge is 0.326 e. The Hall–Kier alpha value is -3.43. The van der Waals surface area contributed by atoms with E-state index in [1.807, 2.05) is 0 Å². The van der Waals surface area contributed by atoms with E-state index in [0.717, 1.165) is 11.8 Å². The number of para-hydroxylation sites is 2. The van der Waals surface area contributed by atoms with Crippen molar-refractivity contribution in [1.82, 2.24) is 8.96 Å². The number of hydrogen-bond donors (Lipinski definition) is 1. The summed E-state index contributed by atoms with van der Waals surface area (Å²) in [6, 6.07) is 21.6. The number of carbonyl (C=O) groups is 2. The number of thioether (sulfide) groups is 1.